The molecule has 0 aliphatic rings. The molecular weight excluding hydrogens is 216 g/mol. The van der Waals surface area contributed by atoms with Crippen LogP contribution in [0.3, 0.4) is 0 Å². The molecule has 0 aliphatic carbocycles. The summed E-state index contributed by atoms with van der Waals surface area (Å²) in [6.07, 6.45) is 1.86. The zero-order chi connectivity index (χ0) is 12.0. The lowest BCUT2D eigenvalue weighted by Crippen LogP contribution is -2.04. The first-order valence-electron chi connectivity index (χ1n) is 6.05. The van der Waals surface area contributed by atoms with Crippen molar-refractivity contribution in [3.8, 4) is 0 Å². The molecule has 0 aromatic heterocycles. The molecule has 16 heavy (non-hydrogen) atoms. The van der Waals surface area contributed by atoms with Gasteiger partial charge in [0.05, 0.1) is 6.10 Å². The van der Waals surface area contributed by atoms with Crippen molar-refractivity contribution in [2.75, 3.05) is 5.75 Å². The number of rotatable bonds is 6. The third kappa shape index (κ3) is 4.18. The summed E-state index contributed by atoms with van der Waals surface area (Å²) >= 11 is 1.84. The first-order chi connectivity index (χ1) is 7.67. The van der Waals surface area contributed by atoms with Crippen molar-refractivity contribution in [2.45, 2.75) is 45.0 Å². The van der Waals surface area contributed by atoms with E-state index in [2.05, 4.69) is 32.9 Å². The third-order valence-electron chi connectivity index (χ3n) is 2.86. The molecular formula is C14H22OS. The van der Waals surface area contributed by atoms with E-state index >= 15 is 0 Å². The van der Waals surface area contributed by atoms with Crippen LogP contribution in [0, 0.1) is 0 Å². The number of hydrogen-bond acceptors (Lipinski definition) is 2. The Morgan fingerprint density at radius 3 is 2.69 bits per heavy atom. The predicted molar refractivity (Wildman–Crippen MR) is 73.0 cm³/mol. The summed E-state index contributed by atoms with van der Waals surface area (Å²) in [5, 5.41) is 10.7. The molecule has 0 heterocycles. The van der Waals surface area contributed by atoms with Crippen LogP contribution in [0.25, 0.3) is 0 Å². The SMILES string of the molecule is CCc1cccc(C(O)CSC(C)CC)c1. The van der Waals surface area contributed by atoms with E-state index in [1.165, 1.54) is 5.56 Å². The van der Waals surface area contributed by atoms with E-state index in [4.69, 9.17) is 0 Å². The summed E-state index contributed by atoms with van der Waals surface area (Å²) in [5.74, 6) is 0.794. The van der Waals surface area contributed by atoms with E-state index in [9.17, 15) is 5.11 Å². The molecule has 2 heteroatoms. The number of aliphatic hydroxyl groups excluding tert-OH is 1. The summed E-state index contributed by atoms with van der Waals surface area (Å²) in [6, 6.07) is 8.27. The van der Waals surface area contributed by atoms with Crippen LogP contribution in [0.4, 0.5) is 0 Å². The monoisotopic (exact) mass is 238 g/mol. The van der Waals surface area contributed by atoms with Crippen molar-refractivity contribution >= 4 is 11.8 Å². The second-order valence-electron chi connectivity index (χ2n) is 4.17. The lowest BCUT2D eigenvalue weighted by molar-refractivity contribution is 0.204. The second-order valence-corrected chi connectivity index (χ2v) is 5.64. The van der Waals surface area contributed by atoms with Gasteiger partial charge in [0.1, 0.15) is 0 Å². The highest BCUT2D eigenvalue weighted by atomic mass is 32.2. The summed E-state index contributed by atoms with van der Waals surface area (Å²) < 4.78 is 0. The van der Waals surface area contributed by atoms with Crippen LogP contribution in [0.2, 0.25) is 0 Å². The van der Waals surface area contributed by atoms with Crippen LogP contribution < -0.4 is 0 Å². The van der Waals surface area contributed by atoms with E-state index < -0.39 is 0 Å². The molecule has 0 saturated carbocycles. The van der Waals surface area contributed by atoms with Crippen molar-refractivity contribution < 1.29 is 5.11 Å². The number of benzene rings is 1. The molecule has 0 saturated heterocycles. The van der Waals surface area contributed by atoms with E-state index in [-0.39, 0.29) is 6.10 Å². The van der Waals surface area contributed by atoms with Crippen LogP contribution in [-0.2, 0) is 6.42 Å². The van der Waals surface area contributed by atoms with Crippen molar-refractivity contribution in [3.05, 3.63) is 35.4 Å². The molecule has 0 spiro atoms. The number of thioether (sulfide) groups is 1. The number of aryl methyl sites for hydroxylation is 1. The summed E-state index contributed by atoms with van der Waals surface area (Å²) in [5.41, 5.74) is 2.35. The Morgan fingerprint density at radius 1 is 1.31 bits per heavy atom. The molecule has 0 bridgehead atoms. The molecule has 0 aliphatic heterocycles. The smallest absolute Gasteiger partial charge is 0.0880 e. The van der Waals surface area contributed by atoms with Crippen LogP contribution >= 0.6 is 11.8 Å². The highest BCUT2D eigenvalue weighted by molar-refractivity contribution is 7.99. The van der Waals surface area contributed by atoms with Gasteiger partial charge in [0.25, 0.3) is 0 Å². The van der Waals surface area contributed by atoms with Gasteiger partial charge >= 0.3 is 0 Å². The zero-order valence-electron chi connectivity index (χ0n) is 10.4. The van der Waals surface area contributed by atoms with Crippen molar-refractivity contribution in [3.63, 3.8) is 0 Å². The van der Waals surface area contributed by atoms with Crippen molar-refractivity contribution in [2.24, 2.45) is 0 Å². The van der Waals surface area contributed by atoms with Gasteiger partial charge in [0.2, 0.25) is 0 Å². The molecule has 1 N–H and O–H groups in total. The minimum absolute atomic E-state index is 0.328. The number of aliphatic hydroxyl groups is 1. The largest absolute Gasteiger partial charge is 0.388 e. The molecule has 1 nitrogen and oxygen atoms in total. The molecule has 0 amide bonds. The van der Waals surface area contributed by atoms with Crippen LogP contribution in [0.5, 0.6) is 0 Å². The first kappa shape index (κ1) is 13.6. The van der Waals surface area contributed by atoms with E-state index in [1.54, 1.807) is 0 Å². The maximum absolute atomic E-state index is 10.1. The van der Waals surface area contributed by atoms with Gasteiger partial charge in [-0.25, -0.2) is 0 Å². The Morgan fingerprint density at radius 2 is 2.06 bits per heavy atom. The molecule has 0 fully saturated rings. The summed E-state index contributed by atoms with van der Waals surface area (Å²) in [7, 11) is 0. The predicted octanol–water partition coefficient (Wildman–Crippen LogP) is 3.81. The Labute approximate surface area is 103 Å². The number of hydrogen-bond donors (Lipinski definition) is 1. The normalized spacial score (nSPS) is 14.8. The maximum Gasteiger partial charge on any atom is 0.0880 e. The van der Waals surface area contributed by atoms with Gasteiger partial charge in [-0.3, -0.25) is 0 Å². The van der Waals surface area contributed by atoms with E-state index in [0.717, 1.165) is 24.2 Å². The van der Waals surface area contributed by atoms with Crippen LogP contribution in [0.1, 0.15) is 44.4 Å². The van der Waals surface area contributed by atoms with Crippen LogP contribution in [0.15, 0.2) is 24.3 Å². The Hall–Kier alpha value is -0.470. The lowest BCUT2D eigenvalue weighted by Gasteiger charge is -2.14. The van der Waals surface area contributed by atoms with E-state index in [1.807, 2.05) is 23.9 Å². The Balaban J connectivity index is 2.54. The first-order valence-corrected chi connectivity index (χ1v) is 7.10. The third-order valence-corrected chi connectivity index (χ3v) is 4.27. The highest BCUT2D eigenvalue weighted by Gasteiger charge is 2.09. The maximum atomic E-state index is 10.1. The molecule has 1 rings (SSSR count). The minimum Gasteiger partial charge on any atom is -0.388 e. The quantitative estimate of drug-likeness (QED) is 0.813. The highest BCUT2D eigenvalue weighted by Crippen LogP contribution is 2.23. The van der Waals surface area contributed by atoms with Gasteiger partial charge in [0, 0.05) is 11.0 Å². The van der Waals surface area contributed by atoms with Gasteiger partial charge in [-0.2, -0.15) is 11.8 Å². The molecule has 2 atom stereocenters. The summed E-state index contributed by atoms with van der Waals surface area (Å²) in [4.78, 5) is 0. The Bertz CT molecular complexity index is 311. The fourth-order valence-electron chi connectivity index (χ4n) is 1.49. The fourth-order valence-corrected chi connectivity index (χ4v) is 2.43. The molecule has 2 unspecified atom stereocenters. The lowest BCUT2D eigenvalue weighted by atomic mass is 10.1. The van der Waals surface area contributed by atoms with Gasteiger partial charge in [-0.05, 0) is 24.0 Å². The molecule has 1 aromatic carbocycles. The molecule has 0 radical (unpaired) electrons. The minimum atomic E-state index is -0.328. The standard InChI is InChI=1S/C14H22OS/c1-4-11(3)16-10-14(15)13-8-6-7-12(5-2)9-13/h6-9,11,14-15H,4-5,10H2,1-3H3. The molecule has 90 valence electrons. The Kier molecular flexibility index (Phi) is 5.93. The van der Waals surface area contributed by atoms with Gasteiger partial charge in [0.15, 0.2) is 0 Å². The van der Waals surface area contributed by atoms with Crippen LogP contribution in [-0.4, -0.2) is 16.1 Å². The van der Waals surface area contributed by atoms with Gasteiger partial charge in [-0.15, -0.1) is 0 Å². The zero-order valence-corrected chi connectivity index (χ0v) is 11.3. The topological polar surface area (TPSA) is 20.2 Å². The second kappa shape index (κ2) is 6.97. The fraction of sp³-hybridized carbons (Fsp3) is 0.571. The average Bonchev–Trinajstić information content (AvgIpc) is 2.35. The molecule has 1 aromatic rings. The van der Waals surface area contributed by atoms with E-state index in [0.29, 0.717) is 5.25 Å². The van der Waals surface area contributed by atoms with Crippen molar-refractivity contribution in [1.82, 2.24) is 0 Å². The van der Waals surface area contributed by atoms with Crippen molar-refractivity contribution in [1.29, 1.82) is 0 Å². The van der Waals surface area contributed by atoms with Gasteiger partial charge < -0.3 is 5.11 Å². The van der Waals surface area contributed by atoms with Gasteiger partial charge in [-0.1, -0.05) is 45.0 Å². The summed E-state index contributed by atoms with van der Waals surface area (Å²) in [6.45, 7) is 6.53. The average molecular weight is 238 g/mol.